The minimum Gasteiger partial charge on any atom is -0.462 e. The Morgan fingerprint density at radius 1 is 0.851 bits per heavy atom. The van der Waals surface area contributed by atoms with Gasteiger partial charge in [0.15, 0.2) is 22.4 Å². The molecule has 0 heterocycles. The topological polar surface area (TPSA) is 61.8 Å². The van der Waals surface area contributed by atoms with Crippen LogP contribution in [0.15, 0.2) is 11.6 Å². The fourth-order valence-corrected chi connectivity index (χ4v) is 10.2. The van der Waals surface area contributed by atoms with Gasteiger partial charge in [-0.05, 0) is 117 Å². The quantitative estimate of drug-likeness (QED) is 0.123. The summed E-state index contributed by atoms with van der Waals surface area (Å²) in [7, 11) is -4.03. The second-order valence-electron chi connectivity index (χ2n) is 18.4. The van der Waals surface area contributed by atoms with Crippen molar-refractivity contribution in [3.63, 3.8) is 0 Å². The van der Waals surface area contributed by atoms with Crippen LogP contribution in [0.1, 0.15) is 138 Å². The highest BCUT2D eigenvalue weighted by molar-refractivity contribution is 6.74. The van der Waals surface area contributed by atoms with Gasteiger partial charge in [-0.3, -0.25) is 9.59 Å². The van der Waals surface area contributed by atoms with E-state index in [-0.39, 0.29) is 46.1 Å². The molecule has 266 valence electrons. The summed E-state index contributed by atoms with van der Waals surface area (Å²) in [6.07, 6.45) is 17.1. The Morgan fingerprint density at radius 3 is 2.04 bits per heavy atom. The van der Waals surface area contributed by atoms with E-state index in [4.69, 9.17) is 13.6 Å². The summed E-state index contributed by atoms with van der Waals surface area (Å²) in [6.45, 7) is 23.3. The summed E-state index contributed by atoms with van der Waals surface area (Å²) in [5.41, 5.74) is 0.944. The largest absolute Gasteiger partial charge is 0.462 e. The lowest BCUT2D eigenvalue weighted by molar-refractivity contribution is -0.150. The summed E-state index contributed by atoms with van der Waals surface area (Å²) in [6, 6.07) is 0. The first kappa shape index (κ1) is 38.6. The highest BCUT2D eigenvalue weighted by Crippen LogP contribution is 2.50. The monoisotopic (exact) mass is 684 g/mol. The zero-order valence-electron chi connectivity index (χ0n) is 31.8. The minimum atomic E-state index is -2.02. The third kappa shape index (κ3) is 10.2. The van der Waals surface area contributed by atoms with E-state index >= 15 is 0 Å². The number of hydrogen-bond donors (Lipinski definition) is 0. The van der Waals surface area contributed by atoms with Gasteiger partial charge < -0.3 is 13.6 Å². The maximum Gasteiger partial charge on any atom is 0.306 e. The van der Waals surface area contributed by atoms with Crippen molar-refractivity contribution in [2.45, 2.75) is 192 Å². The average molecular weight is 685 g/mol. The highest BCUT2D eigenvalue weighted by Gasteiger charge is 2.50. The normalized spacial score (nSPS) is 27.1. The summed E-state index contributed by atoms with van der Waals surface area (Å²) >= 11 is 0. The van der Waals surface area contributed by atoms with Gasteiger partial charge in [0, 0.05) is 18.8 Å². The standard InChI is InChI=1S/C40H68O5Si2/c1-39(2,3)46(7,8)44-36(29-18-13-11-14-19-29)25-24-33-34-27-31(26-30(34)28-37(33)45-47(9,10)40(4,5)6)35(41)22-17-23-38(42)43-32-20-15-12-16-21-32/h26,29-30,32-34,36-37H,11-23,27-28H2,1-10H3/t30?,33-,34?,36?,37-/m1/s1. The highest BCUT2D eigenvalue weighted by atomic mass is 28.4. The Kier molecular flexibility index (Phi) is 13.0. The number of carbonyl (C=O) groups excluding carboxylic acids is 2. The van der Waals surface area contributed by atoms with E-state index in [1.807, 2.05) is 0 Å². The van der Waals surface area contributed by atoms with E-state index in [1.54, 1.807) is 0 Å². The van der Waals surface area contributed by atoms with E-state index in [1.165, 1.54) is 38.5 Å². The maximum absolute atomic E-state index is 13.4. The molecule has 3 fully saturated rings. The number of Topliss-reactive ketones (excluding diaryl/α,β-unsaturated/α-hetero) is 1. The molecule has 4 aliphatic carbocycles. The Bertz CT molecular complexity index is 1170. The third-order valence-corrected chi connectivity index (χ3v) is 21.7. The van der Waals surface area contributed by atoms with Crippen LogP contribution in [0.3, 0.4) is 0 Å². The molecule has 3 unspecified atom stereocenters. The van der Waals surface area contributed by atoms with E-state index in [0.29, 0.717) is 37.0 Å². The van der Waals surface area contributed by atoms with E-state index < -0.39 is 16.6 Å². The number of ketones is 1. The number of rotatable bonds is 11. The van der Waals surface area contributed by atoms with Gasteiger partial charge >= 0.3 is 5.97 Å². The molecule has 4 aliphatic rings. The fourth-order valence-electron chi connectivity index (χ4n) is 7.60. The minimum absolute atomic E-state index is 0.0346. The fraction of sp³-hybridized carbons (Fsp3) is 0.850. The van der Waals surface area contributed by atoms with Crippen molar-refractivity contribution in [3.05, 3.63) is 11.6 Å². The molecule has 47 heavy (non-hydrogen) atoms. The van der Waals surface area contributed by atoms with Gasteiger partial charge in [0.05, 0.1) is 6.10 Å². The molecule has 4 rings (SSSR count). The van der Waals surface area contributed by atoms with Crippen molar-refractivity contribution in [3.8, 4) is 11.8 Å². The van der Waals surface area contributed by atoms with Gasteiger partial charge in [-0.1, -0.05) is 85.1 Å². The first-order valence-electron chi connectivity index (χ1n) is 19.2. The second-order valence-corrected chi connectivity index (χ2v) is 27.9. The van der Waals surface area contributed by atoms with E-state index in [0.717, 1.165) is 44.1 Å². The van der Waals surface area contributed by atoms with Crippen LogP contribution < -0.4 is 0 Å². The zero-order chi connectivity index (χ0) is 34.6. The van der Waals surface area contributed by atoms with Crippen molar-refractivity contribution in [1.82, 2.24) is 0 Å². The van der Waals surface area contributed by atoms with Crippen molar-refractivity contribution in [2.75, 3.05) is 0 Å². The Labute approximate surface area is 290 Å². The molecule has 0 aromatic rings. The molecule has 0 aliphatic heterocycles. The van der Waals surface area contributed by atoms with Crippen LogP contribution in [0.2, 0.25) is 36.3 Å². The first-order valence-corrected chi connectivity index (χ1v) is 25.0. The molecule has 5 nitrogen and oxygen atoms in total. The lowest BCUT2D eigenvalue weighted by atomic mass is 9.84. The van der Waals surface area contributed by atoms with Crippen LogP contribution in [0.5, 0.6) is 0 Å². The van der Waals surface area contributed by atoms with Crippen LogP contribution in [0.25, 0.3) is 0 Å². The number of carbonyl (C=O) groups is 2. The molecule has 0 spiro atoms. The number of esters is 1. The van der Waals surface area contributed by atoms with E-state index in [2.05, 4.69) is 85.6 Å². The lowest BCUT2D eigenvalue weighted by Gasteiger charge is -2.41. The molecule has 0 aromatic carbocycles. The van der Waals surface area contributed by atoms with Gasteiger partial charge in [-0.25, -0.2) is 0 Å². The molecule has 7 heteroatoms. The van der Waals surface area contributed by atoms with Gasteiger partial charge in [-0.2, -0.15) is 0 Å². The first-order chi connectivity index (χ1) is 21.9. The second kappa shape index (κ2) is 15.8. The molecular formula is C40H68O5Si2. The number of fused-ring (bicyclic) bond motifs is 1. The summed E-state index contributed by atoms with van der Waals surface area (Å²) < 4.78 is 19.9. The molecule has 0 N–H and O–H groups in total. The number of ether oxygens (including phenoxy) is 1. The van der Waals surface area contributed by atoms with E-state index in [9.17, 15) is 9.59 Å². The third-order valence-electron chi connectivity index (χ3n) is 12.7. The molecule has 0 saturated heterocycles. The Balaban J connectivity index is 1.48. The van der Waals surface area contributed by atoms with Crippen LogP contribution in [-0.2, 0) is 23.2 Å². The van der Waals surface area contributed by atoms with Gasteiger partial charge in [-0.15, -0.1) is 0 Å². The van der Waals surface area contributed by atoms with Crippen molar-refractivity contribution < 1.29 is 23.2 Å². The molecule has 0 radical (unpaired) electrons. The zero-order valence-corrected chi connectivity index (χ0v) is 33.8. The predicted molar refractivity (Wildman–Crippen MR) is 198 cm³/mol. The summed E-state index contributed by atoms with van der Waals surface area (Å²) in [4.78, 5) is 25.9. The number of allylic oxidation sites excluding steroid dienone is 2. The molecular weight excluding hydrogens is 617 g/mol. The number of hydrogen-bond acceptors (Lipinski definition) is 5. The average Bonchev–Trinajstić information content (AvgIpc) is 3.52. The van der Waals surface area contributed by atoms with Gasteiger partial charge in [0.25, 0.3) is 0 Å². The smallest absolute Gasteiger partial charge is 0.306 e. The Morgan fingerprint density at radius 2 is 1.45 bits per heavy atom. The Hall–Kier alpha value is -1.21. The molecule has 0 amide bonds. The van der Waals surface area contributed by atoms with Crippen molar-refractivity contribution in [1.29, 1.82) is 0 Å². The van der Waals surface area contributed by atoms with Gasteiger partial charge in [0.2, 0.25) is 0 Å². The molecule has 0 aromatic heterocycles. The molecule has 5 atom stereocenters. The van der Waals surface area contributed by atoms with Crippen molar-refractivity contribution >= 4 is 28.4 Å². The summed E-state index contributed by atoms with van der Waals surface area (Å²) in [5.74, 6) is 8.88. The van der Waals surface area contributed by atoms with Crippen molar-refractivity contribution in [2.24, 2.45) is 23.7 Å². The van der Waals surface area contributed by atoms with Crippen LogP contribution >= 0.6 is 0 Å². The summed E-state index contributed by atoms with van der Waals surface area (Å²) in [5, 5.41) is 0.249. The lowest BCUT2D eigenvalue weighted by Crippen LogP contribution is -2.46. The predicted octanol–water partition coefficient (Wildman–Crippen LogP) is 10.5. The van der Waals surface area contributed by atoms with Crippen LogP contribution in [-0.4, -0.2) is 46.7 Å². The molecule has 3 saturated carbocycles. The molecule has 0 bridgehead atoms. The van der Waals surface area contributed by atoms with Crippen LogP contribution in [0, 0.1) is 35.5 Å². The van der Waals surface area contributed by atoms with Crippen LogP contribution in [0.4, 0.5) is 0 Å². The maximum atomic E-state index is 13.4. The van der Waals surface area contributed by atoms with Gasteiger partial charge in [0.1, 0.15) is 12.2 Å². The SMILES string of the molecule is CC(C)(C)[Si](C)(C)OC(C#C[C@@H]1C2CC(C(=O)CCCC(=O)OC3CCCCC3)=CC2C[C@H]1O[Si](C)(C)C(C)(C)C)C1CCCCC1.